The number of benzene rings is 1. The normalized spacial score (nSPS) is 13.4. The van der Waals surface area contributed by atoms with Crippen molar-refractivity contribution in [2.24, 2.45) is 0 Å². The number of carbonyl (C=O) groups excluding carboxylic acids is 2. The van der Waals surface area contributed by atoms with E-state index in [1.54, 1.807) is 4.90 Å². The minimum atomic E-state index is -0.902. The molecule has 1 aromatic heterocycles. The molecule has 2 heterocycles. The van der Waals surface area contributed by atoms with E-state index in [2.05, 4.69) is 5.32 Å². The maximum Gasteiger partial charge on any atom is 0.274 e. The molecule has 166 valence electrons. The number of pyridine rings is 1. The predicted octanol–water partition coefficient (Wildman–Crippen LogP) is 1.89. The second-order valence-electron chi connectivity index (χ2n) is 7.64. The van der Waals surface area contributed by atoms with Gasteiger partial charge in [-0.15, -0.1) is 0 Å². The van der Waals surface area contributed by atoms with Crippen LogP contribution in [0.1, 0.15) is 46.7 Å². The van der Waals surface area contributed by atoms with E-state index in [1.165, 1.54) is 35.0 Å². The van der Waals surface area contributed by atoms with Crippen LogP contribution in [0.3, 0.4) is 0 Å². The first-order valence-electron chi connectivity index (χ1n) is 10.2. The van der Waals surface area contributed by atoms with Crippen molar-refractivity contribution in [1.29, 1.82) is 0 Å². The van der Waals surface area contributed by atoms with Crippen molar-refractivity contribution in [3.63, 3.8) is 0 Å². The molecule has 9 heteroatoms. The number of halogens is 1. The Morgan fingerprint density at radius 1 is 1.23 bits per heavy atom. The lowest BCUT2D eigenvalue weighted by atomic mass is 10.1. The van der Waals surface area contributed by atoms with Gasteiger partial charge in [0.2, 0.25) is 5.43 Å². The average Bonchev–Trinajstić information content (AvgIpc) is 2.74. The Labute approximate surface area is 179 Å². The molecule has 3 rings (SSSR count). The van der Waals surface area contributed by atoms with Gasteiger partial charge in [0, 0.05) is 39.0 Å². The highest BCUT2D eigenvalue weighted by atomic mass is 19.1. The van der Waals surface area contributed by atoms with Crippen LogP contribution in [0.2, 0.25) is 0 Å². The molecule has 0 fully saturated rings. The Morgan fingerprint density at radius 2 is 1.94 bits per heavy atom. The number of nitrogens with one attached hydrogen (secondary N) is 1. The summed E-state index contributed by atoms with van der Waals surface area (Å²) in [6.45, 7) is 5.64. The molecule has 0 aliphatic carbocycles. The molecular formula is C22H26FN3O5. The van der Waals surface area contributed by atoms with Crippen molar-refractivity contribution < 1.29 is 23.8 Å². The zero-order chi connectivity index (χ0) is 22.5. The summed E-state index contributed by atoms with van der Waals surface area (Å²) < 4.78 is 19.9. The molecule has 0 unspecified atom stereocenters. The molecule has 0 saturated heterocycles. The minimum absolute atomic E-state index is 0.0895. The van der Waals surface area contributed by atoms with Crippen molar-refractivity contribution in [3.05, 3.63) is 63.3 Å². The highest BCUT2D eigenvalue weighted by Gasteiger charge is 2.30. The van der Waals surface area contributed by atoms with E-state index in [-0.39, 0.29) is 29.7 Å². The van der Waals surface area contributed by atoms with Crippen LogP contribution in [0.5, 0.6) is 5.75 Å². The molecule has 0 saturated carbocycles. The van der Waals surface area contributed by atoms with Gasteiger partial charge >= 0.3 is 0 Å². The minimum Gasteiger partial charge on any atom is -0.503 e. The lowest BCUT2D eigenvalue weighted by Gasteiger charge is -2.30. The first-order valence-corrected chi connectivity index (χ1v) is 10.2. The van der Waals surface area contributed by atoms with Gasteiger partial charge in [-0.1, -0.05) is 12.1 Å². The third-order valence-electron chi connectivity index (χ3n) is 4.99. The van der Waals surface area contributed by atoms with Crippen molar-refractivity contribution in [2.75, 3.05) is 19.7 Å². The summed E-state index contributed by atoms with van der Waals surface area (Å²) in [5.41, 5.74) is -0.614. The highest BCUT2D eigenvalue weighted by Crippen LogP contribution is 2.20. The van der Waals surface area contributed by atoms with E-state index in [0.29, 0.717) is 38.2 Å². The van der Waals surface area contributed by atoms with Gasteiger partial charge in [-0.2, -0.15) is 0 Å². The quantitative estimate of drug-likeness (QED) is 0.622. The van der Waals surface area contributed by atoms with Crippen LogP contribution in [0.15, 0.2) is 35.3 Å². The van der Waals surface area contributed by atoms with Crippen molar-refractivity contribution >= 4 is 11.8 Å². The summed E-state index contributed by atoms with van der Waals surface area (Å²) in [4.78, 5) is 39.4. The molecule has 2 N–H and O–H groups in total. The summed E-state index contributed by atoms with van der Waals surface area (Å²) in [5.74, 6) is -2.26. The number of fused-ring (bicyclic) bond motifs is 1. The van der Waals surface area contributed by atoms with Gasteiger partial charge in [0.25, 0.3) is 11.8 Å². The number of nitrogens with zero attached hydrogens (tertiary/aromatic N) is 2. The standard InChI is InChI=1S/C22H26FN3O5/c1-14(2)31-11-3-8-25-9-10-26-13-17(19(27)20(28)18(26)22(25)30)21(29)24-12-15-4-6-16(23)7-5-15/h4-7,13-14,28H,3,8-12H2,1-2H3,(H,24,29). The molecule has 0 spiro atoms. The number of aromatic nitrogens is 1. The SMILES string of the molecule is CC(C)OCCCN1CCn2cc(C(=O)NCc3ccc(F)cc3)c(=O)c(O)c2C1=O. The van der Waals surface area contributed by atoms with Gasteiger partial charge in [0.15, 0.2) is 11.4 Å². The first-order chi connectivity index (χ1) is 14.8. The van der Waals surface area contributed by atoms with Crippen LogP contribution in [0.25, 0.3) is 0 Å². The summed E-state index contributed by atoms with van der Waals surface area (Å²) in [6, 6.07) is 5.58. The molecule has 31 heavy (non-hydrogen) atoms. The number of hydrogen-bond donors (Lipinski definition) is 2. The number of aromatic hydroxyl groups is 1. The van der Waals surface area contributed by atoms with Crippen LogP contribution < -0.4 is 10.7 Å². The second kappa shape index (κ2) is 9.74. The van der Waals surface area contributed by atoms with E-state index in [1.807, 2.05) is 13.8 Å². The molecule has 8 nitrogen and oxygen atoms in total. The Hall–Kier alpha value is -3.20. The lowest BCUT2D eigenvalue weighted by Crippen LogP contribution is -2.43. The molecular weight excluding hydrogens is 405 g/mol. The van der Waals surface area contributed by atoms with Gasteiger partial charge in [-0.05, 0) is 38.0 Å². The van der Waals surface area contributed by atoms with Crippen LogP contribution in [0.4, 0.5) is 4.39 Å². The highest BCUT2D eigenvalue weighted by molar-refractivity contribution is 5.99. The van der Waals surface area contributed by atoms with E-state index in [4.69, 9.17) is 4.74 Å². The van der Waals surface area contributed by atoms with Crippen LogP contribution in [-0.4, -0.2) is 52.2 Å². The Balaban J connectivity index is 1.71. The first kappa shape index (κ1) is 22.5. The third-order valence-corrected chi connectivity index (χ3v) is 4.99. The second-order valence-corrected chi connectivity index (χ2v) is 7.64. The molecule has 2 amide bonds. The average molecular weight is 431 g/mol. The number of ether oxygens (including phenoxy) is 1. The fourth-order valence-electron chi connectivity index (χ4n) is 3.36. The fourth-order valence-corrected chi connectivity index (χ4v) is 3.36. The van der Waals surface area contributed by atoms with Gasteiger partial charge in [-0.25, -0.2) is 4.39 Å². The van der Waals surface area contributed by atoms with E-state index in [9.17, 15) is 23.9 Å². The fraction of sp³-hybridized carbons (Fsp3) is 0.409. The summed E-state index contributed by atoms with van der Waals surface area (Å²) in [7, 11) is 0. The van der Waals surface area contributed by atoms with Gasteiger partial charge in [0.05, 0.1) is 6.10 Å². The third kappa shape index (κ3) is 5.29. The van der Waals surface area contributed by atoms with Crippen LogP contribution in [-0.2, 0) is 17.8 Å². The monoisotopic (exact) mass is 431 g/mol. The van der Waals surface area contributed by atoms with E-state index in [0.717, 1.165) is 0 Å². The molecule has 1 aliphatic rings. The van der Waals surface area contributed by atoms with Crippen molar-refractivity contribution in [3.8, 4) is 5.75 Å². The van der Waals surface area contributed by atoms with Crippen LogP contribution in [0, 0.1) is 5.82 Å². The Bertz CT molecular complexity index is 1020. The molecule has 2 aromatic rings. The molecule has 1 aromatic carbocycles. The number of carbonyl (C=O) groups is 2. The Morgan fingerprint density at radius 3 is 2.61 bits per heavy atom. The van der Waals surface area contributed by atoms with E-state index >= 15 is 0 Å². The maximum absolute atomic E-state index is 13.0. The largest absolute Gasteiger partial charge is 0.503 e. The number of rotatable bonds is 8. The zero-order valence-electron chi connectivity index (χ0n) is 17.6. The number of amides is 2. The molecule has 0 radical (unpaired) electrons. The van der Waals surface area contributed by atoms with Crippen molar-refractivity contribution in [1.82, 2.24) is 14.8 Å². The predicted molar refractivity (Wildman–Crippen MR) is 112 cm³/mol. The lowest BCUT2D eigenvalue weighted by molar-refractivity contribution is 0.0576. The summed E-state index contributed by atoms with van der Waals surface area (Å²) in [6.07, 6.45) is 2.04. The smallest absolute Gasteiger partial charge is 0.274 e. The summed E-state index contributed by atoms with van der Waals surface area (Å²) >= 11 is 0. The summed E-state index contributed by atoms with van der Waals surface area (Å²) in [5, 5.41) is 13.0. The maximum atomic E-state index is 13.0. The van der Waals surface area contributed by atoms with Gasteiger partial charge < -0.3 is 24.6 Å². The molecule has 1 aliphatic heterocycles. The number of hydrogen-bond acceptors (Lipinski definition) is 5. The van der Waals surface area contributed by atoms with Crippen LogP contribution >= 0.6 is 0 Å². The Kier molecular flexibility index (Phi) is 7.06. The van der Waals surface area contributed by atoms with Gasteiger partial charge in [0.1, 0.15) is 11.4 Å². The van der Waals surface area contributed by atoms with E-state index < -0.39 is 23.0 Å². The zero-order valence-corrected chi connectivity index (χ0v) is 17.6. The topological polar surface area (TPSA) is 101 Å². The molecule has 0 bridgehead atoms. The van der Waals surface area contributed by atoms with Crippen molar-refractivity contribution in [2.45, 2.75) is 39.5 Å². The van der Waals surface area contributed by atoms with Gasteiger partial charge in [-0.3, -0.25) is 14.4 Å². The molecule has 0 atom stereocenters.